The topological polar surface area (TPSA) is 38.3 Å². The van der Waals surface area contributed by atoms with Crippen LogP contribution in [0.1, 0.15) is 32.1 Å². The third-order valence-electron chi connectivity index (χ3n) is 3.08. The molecule has 1 aliphatic rings. The molecule has 3 nitrogen and oxygen atoms in total. The molecule has 0 atom stereocenters. The van der Waals surface area contributed by atoms with Gasteiger partial charge in [-0.15, -0.1) is 0 Å². The third kappa shape index (κ3) is 3.39. The van der Waals surface area contributed by atoms with E-state index in [4.69, 9.17) is 4.74 Å². The highest BCUT2D eigenvalue weighted by Gasteiger charge is 2.25. The summed E-state index contributed by atoms with van der Waals surface area (Å²) in [5.41, 5.74) is 0. The van der Waals surface area contributed by atoms with Gasteiger partial charge in [0.2, 0.25) is 0 Å². The number of hydrogen-bond donors (Lipinski definition) is 1. The van der Waals surface area contributed by atoms with E-state index in [0.29, 0.717) is 24.2 Å². The quantitative estimate of drug-likeness (QED) is 0.726. The maximum atomic E-state index is 11.7. The zero-order valence-electron chi connectivity index (χ0n) is 9.21. The minimum Gasteiger partial charge on any atom is -0.381 e. The van der Waals surface area contributed by atoms with Gasteiger partial charge in [-0.05, 0) is 32.7 Å². The number of carbonyl (C=O) groups is 1. The van der Waals surface area contributed by atoms with Crippen molar-refractivity contribution in [3.63, 3.8) is 0 Å². The number of Topliss-reactive ketones (excluding diaryl/α,β-unsaturated/α-hetero) is 1. The maximum Gasteiger partial charge on any atom is 0.137 e. The van der Waals surface area contributed by atoms with Crippen LogP contribution in [-0.2, 0) is 9.53 Å². The molecule has 1 aliphatic carbocycles. The van der Waals surface area contributed by atoms with Gasteiger partial charge in [-0.1, -0.05) is 0 Å². The van der Waals surface area contributed by atoms with Gasteiger partial charge < -0.3 is 10.1 Å². The highest BCUT2D eigenvalue weighted by molar-refractivity contribution is 5.81. The lowest BCUT2D eigenvalue weighted by Crippen LogP contribution is -2.27. The zero-order valence-corrected chi connectivity index (χ0v) is 9.21. The summed E-state index contributed by atoms with van der Waals surface area (Å²) in [6.07, 6.45) is 5.20. The lowest BCUT2D eigenvalue weighted by Gasteiger charge is -2.26. The first-order valence-electron chi connectivity index (χ1n) is 5.48. The molecule has 0 aromatic rings. The van der Waals surface area contributed by atoms with Crippen molar-refractivity contribution < 1.29 is 9.53 Å². The lowest BCUT2D eigenvalue weighted by atomic mass is 9.84. The first-order chi connectivity index (χ1) is 6.77. The number of carbonyl (C=O) groups excluding carboxylic acids is 1. The SMILES string of the molecule is CNCCC(=O)C1CCC(OC)CC1. The molecule has 3 heteroatoms. The number of ketones is 1. The Hall–Kier alpha value is -0.410. The summed E-state index contributed by atoms with van der Waals surface area (Å²) in [4.78, 5) is 11.7. The van der Waals surface area contributed by atoms with Crippen LogP contribution in [0, 0.1) is 5.92 Å². The molecular weight excluding hydrogens is 178 g/mol. The molecule has 14 heavy (non-hydrogen) atoms. The van der Waals surface area contributed by atoms with Crippen molar-refractivity contribution in [3.05, 3.63) is 0 Å². The van der Waals surface area contributed by atoms with E-state index in [0.717, 1.165) is 32.2 Å². The van der Waals surface area contributed by atoms with Crippen molar-refractivity contribution in [1.82, 2.24) is 5.32 Å². The average Bonchev–Trinajstić information content (AvgIpc) is 2.26. The minimum atomic E-state index is 0.301. The molecule has 0 amide bonds. The Morgan fingerprint density at radius 3 is 2.50 bits per heavy atom. The van der Waals surface area contributed by atoms with Crippen LogP contribution >= 0.6 is 0 Å². The number of methoxy groups -OCH3 is 1. The fourth-order valence-corrected chi connectivity index (χ4v) is 2.07. The molecule has 0 bridgehead atoms. The second kappa shape index (κ2) is 6.14. The summed E-state index contributed by atoms with van der Waals surface area (Å²) in [5, 5.41) is 3.01. The molecule has 1 saturated carbocycles. The van der Waals surface area contributed by atoms with Crippen LogP contribution in [0.4, 0.5) is 0 Å². The molecule has 0 heterocycles. The van der Waals surface area contributed by atoms with E-state index >= 15 is 0 Å². The van der Waals surface area contributed by atoms with Crippen LogP contribution in [0.2, 0.25) is 0 Å². The van der Waals surface area contributed by atoms with E-state index in [-0.39, 0.29) is 0 Å². The van der Waals surface area contributed by atoms with E-state index in [1.807, 2.05) is 7.05 Å². The van der Waals surface area contributed by atoms with Crippen molar-refractivity contribution in [3.8, 4) is 0 Å². The molecule has 82 valence electrons. The number of nitrogens with one attached hydrogen (secondary N) is 1. The fraction of sp³-hybridized carbons (Fsp3) is 0.909. The van der Waals surface area contributed by atoms with Gasteiger partial charge in [0, 0.05) is 26.0 Å². The molecule has 1 rings (SSSR count). The Morgan fingerprint density at radius 2 is 2.00 bits per heavy atom. The smallest absolute Gasteiger partial charge is 0.137 e. The molecule has 0 unspecified atom stereocenters. The van der Waals surface area contributed by atoms with Crippen LogP contribution in [0.15, 0.2) is 0 Å². The predicted molar refractivity (Wildman–Crippen MR) is 56.3 cm³/mol. The summed E-state index contributed by atoms with van der Waals surface area (Å²) in [5.74, 6) is 0.726. The first-order valence-corrected chi connectivity index (χ1v) is 5.48. The lowest BCUT2D eigenvalue weighted by molar-refractivity contribution is -0.124. The summed E-state index contributed by atoms with van der Waals surface area (Å²) in [6.45, 7) is 0.809. The number of rotatable bonds is 5. The van der Waals surface area contributed by atoms with Gasteiger partial charge in [-0.3, -0.25) is 4.79 Å². The Balaban J connectivity index is 2.23. The second-order valence-corrected chi connectivity index (χ2v) is 4.03. The Labute approximate surface area is 86.2 Å². The molecule has 0 aromatic heterocycles. The highest BCUT2D eigenvalue weighted by atomic mass is 16.5. The largest absolute Gasteiger partial charge is 0.381 e. The summed E-state index contributed by atoms with van der Waals surface area (Å²) in [6, 6.07) is 0. The Morgan fingerprint density at radius 1 is 1.36 bits per heavy atom. The van der Waals surface area contributed by atoms with Crippen molar-refractivity contribution >= 4 is 5.78 Å². The second-order valence-electron chi connectivity index (χ2n) is 4.03. The standard InChI is InChI=1S/C11H21NO2/c1-12-8-7-11(13)9-3-5-10(14-2)6-4-9/h9-10,12H,3-8H2,1-2H3. The van der Waals surface area contributed by atoms with Crippen LogP contribution < -0.4 is 5.32 Å². The Bertz CT molecular complexity index is 174. The van der Waals surface area contributed by atoms with Gasteiger partial charge in [0.25, 0.3) is 0 Å². The van der Waals surface area contributed by atoms with Crippen LogP contribution in [0.5, 0.6) is 0 Å². The van der Waals surface area contributed by atoms with E-state index in [1.54, 1.807) is 7.11 Å². The summed E-state index contributed by atoms with van der Waals surface area (Å²) < 4.78 is 5.28. The van der Waals surface area contributed by atoms with Crippen LogP contribution in [0.25, 0.3) is 0 Å². The summed E-state index contributed by atoms with van der Waals surface area (Å²) >= 11 is 0. The maximum absolute atomic E-state index is 11.7. The normalized spacial score (nSPS) is 27.6. The molecule has 0 spiro atoms. The van der Waals surface area contributed by atoms with E-state index in [9.17, 15) is 4.79 Å². The number of hydrogen-bond acceptors (Lipinski definition) is 3. The van der Waals surface area contributed by atoms with Gasteiger partial charge in [0.15, 0.2) is 0 Å². The molecular formula is C11H21NO2. The molecule has 0 aromatic carbocycles. The van der Waals surface area contributed by atoms with Crippen molar-refractivity contribution in [2.75, 3.05) is 20.7 Å². The zero-order chi connectivity index (χ0) is 10.4. The summed E-state index contributed by atoms with van der Waals surface area (Å²) in [7, 11) is 3.64. The monoisotopic (exact) mass is 199 g/mol. The molecule has 0 saturated heterocycles. The van der Waals surface area contributed by atoms with Crippen LogP contribution in [-0.4, -0.2) is 32.6 Å². The van der Waals surface area contributed by atoms with Gasteiger partial charge in [-0.2, -0.15) is 0 Å². The van der Waals surface area contributed by atoms with Crippen molar-refractivity contribution in [2.45, 2.75) is 38.2 Å². The van der Waals surface area contributed by atoms with Crippen LogP contribution in [0.3, 0.4) is 0 Å². The first kappa shape index (κ1) is 11.7. The molecule has 1 N–H and O–H groups in total. The van der Waals surface area contributed by atoms with Crippen molar-refractivity contribution in [2.24, 2.45) is 5.92 Å². The molecule has 0 radical (unpaired) electrons. The van der Waals surface area contributed by atoms with E-state index < -0.39 is 0 Å². The van der Waals surface area contributed by atoms with Crippen molar-refractivity contribution in [1.29, 1.82) is 0 Å². The third-order valence-corrected chi connectivity index (χ3v) is 3.08. The van der Waals surface area contributed by atoms with Gasteiger partial charge >= 0.3 is 0 Å². The van der Waals surface area contributed by atoms with Gasteiger partial charge in [0.05, 0.1) is 6.10 Å². The molecule has 1 fully saturated rings. The van der Waals surface area contributed by atoms with E-state index in [1.165, 1.54) is 0 Å². The molecule has 0 aliphatic heterocycles. The Kier molecular flexibility index (Phi) is 5.12. The highest BCUT2D eigenvalue weighted by Crippen LogP contribution is 2.27. The average molecular weight is 199 g/mol. The van der Waals surface area contributed by atoms with Gasteiger partial charge in [-0.25, -0.2) is 0 Å². The van der Waals surface area contributed by atoms with E-state index in [2.05, 4.69) is 5.32 Å². The predicted octanol–water partition coefficient (Wildman–Crippen LogP) is 1.37. The number of ether oxygens (including phenoxy) is 1. The van der Waals surface area contributed by atoms with Gasteiger partial charge in [0.1, 0.15) is 5.78 Å². The minimum absolute atomic E-state index is 0.301. The fourth-order valence-electron chi connectivity index (χ4n) is 2.07.